The van der Waals surface area contributed by atoms with Gasteiger partial charge in [0.25, 0.3) is 0 Å². The smallest absolute Gasteiger partial charge is 0.220 e. The third-order valence-corrected chi connectivity index (χ3v) is 6.08. The summed E-state index contributed by atoms with van der Waals surface area (Å²) in [6.45, 7) is 1.35. The molecule has 4 nitrogen and oxygen atoms in total. The molecule has 5 heteroatoms. The largest absolute Gasteiger partial charge is 0.497 e. The van der Waals surface area contributed by atoms with Gasteiger partial charge in [0.05, 0.1) is 13.2 Å². The summed E-state index contributed by atoms with van der Waals surface area (Å²) in [4.78, 5) is 14.7. The molecule has 2 aromatic carbocycles. The van der Waals surface area contributed by atoms with E-state index in [0.717, 1.165) is 37.1 Å². The number of carbonyl (C=O) groups excluding carboxylic acids is 1. The molecule has 2 aromatic rings. The second kappa shape index (κ2) is 8.31. The first kappa shape index (κ1) is 18.9. The molecule has 1 N–H and O–H groups in total. The van der Waals surface area contributed by atoms with Crippen molar-refractivity contribution in [1.82, 2.24) is 10.2 Å². The van der Waals surface area contributed by atoms with Crippen molar-refractivity contribution in [2.75, 3.05) is 13.7 Å². The van der Waals surface area contributed by atoms with Crippen LogP contribution in [0.4, 0.5) is 4.39 Å². The molecule has 2 aliphatic rings. The van der Waals surface area contributed by atoms with E-state index in [1.165, 1.54) is 6.07 Å². The lowest BCUT2D eigenvalue weighted by atomic mass is 9.88. The summed E-state index contributed by atoms with van der Waals surface area (Å²) in [7, 11) is 1.67. The van der Waals surface area contributed by atoms with Gasteiger partial charge in [0.2, 0.25) is 5.91 Å². The third-order valence-electron chi connectivity index (χ3n) is 6.08. The van der Waals surface area contributed by atoms with Crippen LogP contribution in [0.25, 0.3) is 0 Å². The predicted molar refractivity (Wildman–Crippen MR) is 107 cm³/mol. The summed E-state index contributed by atoms with van der Waals surface area (Å²) in [6.07, 6.45) is 3.53. The molecule has 0 radical (unpaired) electrons. The van der Waals surface area contributed by atoms with Gasteiger partial charge in [-0.15, -0.1) is 0 Å². The maximum atomic E-state index is 14.3. The Morgan fingerprint density at radius 2 is 2.04 bits per heavy atom. The lowest BCUT2D eigenvalue weighted by Gasteiger charge is -2.31. The molecule has 2 aliphatic heterocycles. The van der Waals surface area contributed by atoms with Crippen molar-refractivity contribution in [1.29, 1.82) is 0 Å². The summed E-state index contributed by atoms with van der Waals surface area (Å²) >= 11 is 0. The van der Waals surface area contributed by atoms with Crippen LogP contribution in [0.5, 0.6) is 5.75 Å². The first-order chi connectivity index (χ1) is 13.7. The maximum absolute atomic E-state index is 14.3. The quantitative estimate of drug-likeness (QED) is 0.873. The van der Waals surface area contributed by atoms with Crippen molar-refractivity contribution in [2.45, 2.75) is 50.2 Å². The van der Waals surface area contributed by atoms with Gasteiger partial charge in [0.15, 0.2) is 0 Å². The highest BCUT2D eigenvalue weighted by Gasteiger charge is 2.43. The molecule has 0 aromatic heterocycles. The van der Waals surface area contributed by atoms with Crippen LogP contribution in [0.1, 0.15) is 42.7 Å². The number of fused-ring (bicyclic) bond motifs is 1. The van der Waals surface area contributed by atoms with Gasteiger partial charge in [-0.05, 0) is 36.6 Å². The van der Waals surface area contributed by atoms with Crippen LogP contribution in [-0.2, 0) is 11.3 Å². The third kappa shape index (κ3) is 3.90. The van der Waals surface area contributed by atoms with E-state index in [0.29, 0.717) is 18.5 Å². The molecule has 0 spiro atoms. The van der Waals surface area contributed by atoms with Gasteiger partial charge in [-0.25, -0.2) is 4.39 Å². The summed E-state index contributed by atoms with van der Waals surface area (Å²) in [6, 6.07) is 15.3. The number of rotatable bonds is 4. The SMILES string of the molecule is COc1cccc([C@@H]2CN(Cc3ccccc3F)[C@@H]3CCCCC(=O)N[C@H]32)c1. The van der Waals surface area contributed by atoms with Gasteiger partial charge in [0.1, 0.15) is 11.6 Å². The fourth-order valence-corrected chi connectivity index (χ4v) is 4.67. The van der Waals surface area contributed by atoms with Gasteiger partial charge >= 0.3 is 0 Å². The summed E-state index contributed by atoms with van der Waals surface area (Å²) in [5.41, 5.74) is 1.87. The molecule has 1 amide bonds. The number of amides is 1. The van der Waals surface area contributed by atoms with Crippen molar-refractivity contribution in [2.24, 2.45) is 0 Å². The molecule has 2 heterocycles. The van der Waals surface area contributed by atoms with Gasteiger partial charge in [-0.2, -0.15) is 0 Å². The van der Waals surface area contributed by atoms with E-state index in [4.69, 9.17) is 4.74 Å². The molecule has 0 unspecified atom stereocenters. The van der Waals surface area contributed by atoms with Crippen LogP contribution >= 0.6 is 0 Å². The zero-order valence-corrected chi connectivity index (χ0v) is 16.2. The molecule has 148 valence electrons. The Labute approximate surface area is 165 Å². The van der Waals surface area contributed by atoms with E-state index in [9.17, 15) is 9.18 Å². The number of likely N-dealkylation sites (tertiary alicyclic amines) is 1. The number of hydrogen-bond acceptors (Lipinski definition) is 3. The van der Waals surface area contributed by atoms with Crippen molar-refractivity contribution >= 4 is 5.91 Å². The Bertz CT molecular complexity index is 841. The summed E-state index contributed by atoms with van der Waals surface area (Å²) in [5, 5.41) is 3.28. The second-order valence-corrected chi connectivity index (χ2v) is 7.81. The van der Waals surface area contributed by atoms with Crippen LogP contribution < -0.4 is 10.1 Å². The number of methoxy groups -OCH3 is 1. The number of hydrogen-bond donors (Lipinski definition) is 1. The highest BCUT2D eigenvalue weighted by Crippen LogP contribution is 2.37. The molecule has 28 heavy (non-hydrogen) atoms. The minimum atomic E-state index is -0.168. The van der Waals surface area contributed by atoms with E-state index >= 15 is 0 Å². The van der Waals surface area contributed by atoms with E-state index in [-0.39, 0.29) is 29.7 Å². The lowest BCUT2D eigenvalue weighted by Crippen LogP contribution is -2.47. The highest BCUT2D eigenvalue weighted by molar-refractivity contribution is 5.76. The first-order valence-corrected chi connectivity index (χ1v) is 10.1. The topological polar surface area (TPSA) is 41.6 Å². The van der Waals surface area contributed by atoms with Crippen LogP contribution in [0, 0.1) is 5.82 Å². The molecular weight excluding hydrogens is 355 g/mol. The van der Waals surface area contributed by atoms with E-state index in [1.54, 1.807) is 13.2 Å². The van der Waals surface area contributed by atoms with Crippen molar-refractivity contribution in [3.63, 3.8) is 0 Å². The van der Waals surface area contributed by atoms with Gasteiger partial charge < -0.3 is 10.1 Å². The Morgan fingerprint density at radius 3 is 2.86 bits per heavy atom. The summed E-state index contributed by atoms with van der Waals surface area (Å²) in [5.74, 6) is 0.932. The second-order valence-electron chi connectivity index (χ2n) is 7.81. The number of benzene rings is 2. The molecule has 0 saturated carbocycles. The fourth-order valence-electron chi connectivity index (χ4n) is 4.67. The van der Waals surface area contributed by atoms with Crippen molar-refractivity contribution in [3.05, 3.63) is 65.5 Å². The minimum Gasteiger partial charge on any atom is -0.497 e. The normalized spacial score (nSPS) is 25.5. The molecule has 2 fully saturated rings. The highest BCUT2D eigenvalue weighted by atomic mass is 19.1. The van der Waals surface area contributed by atoms with Crippen LogP contribution in [0.3, 0.4) is 0 Å². The number of nitrogens with zero attached hydrogens (tertiary/aromatic N) is 1. The molecule has 2 saturated heterocycles. The standard InChI is InChI=1S/C23H27FN2O2/c1-28-18-9-6-8-16(13-18)19-15-26(14-17-7-2-3-10-20(17)24)21-11-4-5-12-22(27)25-23(19)21/h2-3,6-10,13,19,21,23H,4-5,11-12,14-15H2,1H3,(H,25,27)/t19-,21+,23-/m0/s1. The van der Waals surface area contributed by atoms with E-state index < -0.39 is 0 Å². The fraction of sp³-hybridized carbons (Fsp3) is 0.435. The number of nitrogens with one attached hydrogen (secondary N) is 1. The maximum Gasteiger partial charge on any atom is 0.220 e. The van der Waals surface area contributed by atoms with E-state index in [2.05, 4.69) is 22.3 Å². The lowest BCUT2D eigenvalue weighted by molar-refractivity contribution is -0.122. The Morgan fingerprint density at radius 1 is 1.18 bits per heavy atom. The first-order valence-electron chi connectivity index (χ1n) is 10.1. The molecule has 0 bridgehead atoms. The van der Waals surface area contributed by atoms with Crippen LogP contribution in [-0.4, -0.2) is 36.5 Å². The van der Waals surface area contributed by atoms with Gasteiger partial charge in [-0.1, -0.05) is 36.8 Å². The average Bonchev–Trinajstić information content (AvgIpc) is 3.01. The average molecular weight is 382 g/mol. The number of carbonyl (C=O) groups is 1. The van der Waals surface area contributed by atoms with E-state index in [1.807, 2.05) is 24.3 Å². The van der Waals surface area contributed by atoms with Crippen LogP contribution in [0.15, 0.2) is 48.5 Å². The molecule has 3 atom stereocenters. The summed E-state index contributed by atoms with van der Waals surface area (Å²) < 4.78 is 19.7. The molecule has 4 rings (SSSR count). The van der Waals surface area contributed by atoms with Crippen molar-refractivity contribution in [3.8, 4) is 5.75 Å². The monoisotopic (exact) mass is 382 g/mol. The van der Waals surface area contributed by atoms with Crippen LogP contribution in [0.2, 0.25) is 0 Å². The Hall–Kier alpha value is -2.40. The zero-order chi connectivity index (χ0) is 19.5. The zero-order valence-electron chi connectivity index (χ0n) is 16.2. The predicted octanol–water partition coefficient (Wildman–Crippen LogP) is 3.86. The minimum absolute atomic E-state index is 0.0340. The van der Waals surface area contributed by atoms with Crippen molar-refractivity contribution < 1.29 is 13.9 Å². The Kier molecular flexibility index (Phi) is 5.62. The van der Waals surface area contributed by atoms with Gasteiger partial charge in [0, 0.05) is 37.0 Å². The Balaban J connectivity index is 1.65. The van der Waals surface area contributed by atoms with Gasteiger partial charge in [-0.3, -0.25) is 9.69 Å². The molecular formula is C23H27FN2O2. The molecule has 0 aliphatic carbocycles. The number of ether oxygens (including phenoxy) is 1. The number of halogens is 1.